The number of β-lactam (4-membered cyclic amide) rings is 1. The molecule has 0 saturated carbocycles. The molecule has 0 aliphatic carbocycles. The Hall–Kier alpha value is -3.51. The highest BCUT2D eigenvalue weighted by atomic mass is 32.2. The molecule has 15 nitrogen and oxygen atoms in total. The molecule has 3 N–H and O–H groups in total. The van der Waals surface area contributed by atoms with Crippen LogP contribution in [0.2, 0.25) is 0 Å². The number of aromatic nitrogens is 5. The molecule has 1 unspecified atom stereocenters. The number of aryl methyl sites for hydroxylation is 1. The SMILES string of the molecule is Cn1nnnc1SCC1=C(C(=O)O)N2C(=O)C(NC(=O)C(=NOCC(=O)O)c3cscn3)[C@H]2SC1. The van der Waals surface area contributed by atoms with Crippen molar-refractivity contribution in [3.63, 3.8) is 0 Å². The molecule has 2 aromatic rings. The Kier molecular flexibility index (Phi) is 7.31. The van der Waals surface area contributed by atoms with E-state index in [2.05, 4.69) is 35.8 Å². The second-order valence-corrected chi connectivity index (χ2v) is 9.74. The van der Waals surface area contributed by atoms with E-state index in [1.165, 1.54) is 50.4 Å². The molecule has 2 aromatic heterocycles. The summed E-state index contributed by atoms with van der Waals surface area (Å²) in [7, 11) is 1.66. The highest BCUT2D eigenvalue weighted by molar-refractivity contribution is 8.01. The lowest BCUT2D eigenvalue weighted by atomic mass is 10.0. The Bertz CT molecular complexity index is 1230. The van der Waals surface area contributed by atoms with Crippen LogP contribution in [0.15, 0.2) is 32.5 Å². The maximum atomic E-state index is 12.9. The molecule has 0 spiro atoms. The fourth-order valence-corrected chi connectivity index (χ4v) is 6.06. The lowest BCUT2D eigenvalue weighted by molar-refractivity contribution is -0.150. The van der Waals surface area contributed by atoms with Crippen LogP contribution in [0.25, 0.3) is 0 Å². The first kappa shape index (κ1) is 24.6. The fourth-order valence-electron chi connectivity index (χ4n) is 3.19. The van der Waals surface area contributed by atoms with Crippen LogP contribution in [0.1, 0.15) is 5.69 Å². The van der Waals surface area contributed by atoms with Gasteiger partial charge in [-0.2, -0.15) is 0 Å². The smallest absolute Gasteiger partial charge is 0.352 e. The van der Waals surface area contributed by atoms with Gasteiger partial charge in [0.2, 0.25) is 11.8 Å². The number of rotatable bonds is 10. The predicted molar refractivity (Wildman–Crippen MR) is 121 cm³/mol. The molecule has 1 saturated heterocycles. The van der Waals surface area contributed by atoms with Crippen LogP contribution in [-0.2, 0) is 31.1 Å². The predicted octanol–water partition coefficient (Wildman–Crippen LogP) is -0.997. The van der Waals surface area contributed by atoms with Gasteiger partial charge in [-0.05, 0) is 16.0 Å². The number of tetrazole rings is 1. The molecule has 4 rings (SSSR count). The Labute approximate surface area is 208 Å². The van der Waals surface area contributed by atoms with Gasteiger partial charge in [-0.25, -0.2) is 19.3 Å². The summed E-state index contributed by atoms with van der Waals surface area (Å²) in [5.41, 5.74) is 1.68. The lowest BCUT2D eigenvalue weighted by Gasteiger charge is -2.49. The van der Waals surface area contributed by atoms with Crippen LogP contribution in [0.4, 0.5) is 0 Å². The van der Waals surface area contributed by atoms with Crippen molar-refractivity contribution in [2.75, 3.05) is 18.1 Å². The largest absolute Gasteiger partial charge is 0.479 e. The number of thiazole rings is 1. The zero-order valence-electron chi connectivity index (χ0n) is 17.7. The third-order valence-corrected chi connectivity index (χ3v) is 7.75. The molecule has 2 amide bonds. The van der Waals surface area contributed by atoms with Crippen molar-refractivity contribution >= 4 is 64.3 Å². The number of nitrogens with zero attached hydrogens (tertiary/aromatic N) is 7. The number of carboxylic acid groups (broad SMARTS) is 2. The van der Waals surface area contributed by atoms with Gasteiger partial charge in [-0.3, -0.25) is 14.5 Å². The Morgan fingerprint density at radius 2 is 2.17 bits per heavy atom. The van der Waals surface area contributed by atoms with Crippen LogP contribution < -0.4 is 5.32 Å². The molecule has 2 atom stereocenters. The minimum Gasteiger partial charge on any atom is -0.479 e. The first-order valence-electron chi connectivity index (χ1n) is 9.64. The van der Waals surface area contributed by atoms with E-state index in [-0.39, 0.29) is 22.9 Å². The second-order valence-electron chi connectivity index (χ2n) is 6.97. The lowest BCUT2D eigenvalue weighted by Crippen LogP contribution is -2.71. The average molecular weight is 541 g/mol. The number of thioether (sulfide) groups is 2. The van der Waals surface area contributed by atoms with Crippen molar-refractivity contribution in [1.29, 1.82) is 0 Å². The van der Waals surface area contributed by atoms with E-state index in [9.17, 15) is 24.3 Å². The van der Waals surface area contributed by atoms with Gasteiger partial charge in [0.05, 0.1) is 5.51 Å². The molecule has 2 aliphatic rings. The summed E-state index contributed by atoms with van der Waals surface area (Å²) in [6, 6.07) is -1.01. The first-order chi connectivity index (χ1) is 16.8. The molecule has 18 heteroatoms. The number of hydrogen-bond acceptors (Lipinski definition) is 13. The van der Waals surface area contributed by atoms with E-state index in [4.69, 9.17) is 5.11 Å². The fraction of sp³-hybridized carbons (Fsp3) is 0.353. The topological polar surface area (TPSA) is 202 Å². The van der Waals surface area contributed by atoms with Crippen molar-refractivity contribution in [2.45, 2.75) is 16.6 Å². The molecule has 184 valence electrons. The highest BCUT2D eigenvalue weighted by Gasteiger charge is 2.54. The summed E-state index contributed by atoms with van der Waals surface area (Å²) in [4.78, 5) is 58.2. The number of carbonyl (C=O) groups is 4. The number of fused-ring (bicyclic) bond motifs is 1. The summed E-state index contributed by atoms with van der Waals surface area (Å²) in [6.45, 7) is -0.770. The molecule has 1 fully saturated rings. The number of hydrogen-bond donors (Lipinski definition) is 3. The highest BCUT2D eigenvalue weighted by Crippen LogP contribution is 2.41. The van der Waals surface area contributed by atoms with Crippen molar-refractivity contribution in [1.82, 2.24) is 35.4 Å². The minimum absolute atomic E-state index is 0.134. The van der Waals surface area contributed by atoms with E-state index in [0.29, 0.717) is 16.5 Å². The molecule has 4 heterocycles. The van der Waals surface area contributed by atoms with Gasteiger partial charge in [0, 0.05) is 23.9 Å². The van der Waals surface area contributed by atoms with Crippen molar-refractivity contribution < 1.29 is 34.2 Å². The first-order valence-corrected chi connectivity index (χ1v) is 12.6. The maximum absolute atomic E-state index is 12.9. The Morgan fingerprint density at radius 3 is 2.80 bits per heavy atom. The molecular formula is C17H16N8O7S3. The standard InChI is InChI=1S/C17H16N8O7S3/c1-24-17(20-22-23-24)35-4-7-3-34-15-11(14(29)25(15)12(7)16(30)31)19-13(28)10(8-5-33-6-18-8)21-32-2-9(26)27/h5-6,11,15H,2-4H2,1H3,(H,19,28)(H,26,27)(H,30,31)/t11?,15-/m1/s1. The van der Waals surface area contributed by atoms with Crippen molar-refractivity contribution in [3.8, 4) is 0 Å². The maximum Gasteiger partial charge on any atom is 0.352 e. The Balaban J connectivity index is 1.48. The monoisotopic (exact) mass is 540 g/mol. The normalized spacial score (nSPS) is 19.7. The van der Waals surface area contributed by atoms with Crippen molar-refractivity contribution in [2.24, 2.45) is 12.2 Å². The summed E-state index contributed by atoms with van der Waals surface area (Å²) in [6.07, 6.45) is 0. The summed E-state index contributed by atoms with van der Waals surface area (Å²) >= 11 is 3.72. The third kappa shape index (κ3) is 5.13. The zero-order valence-corrected chi connectivity index (χ0v) is 20.2. The number of carbonyl (C=O) groups excluding carboxylic acids is 2. The van der Waals surface area contributed by atoms with E-state index in [1.807, 2.05) is 0 Å². The summed E-state index contributed by atoms with van der Waals surface area (Å²) in [5, 5.41) is 37.1. The van der Waals surface area contributed by atoms with Crippen LogP contribution in [0.5, 0.6) is 0 Å². The molecule has 2 aliphatic heterocycles. The molecular weight excluding hydrogens is 524 g/mol. The minimum atomic E-state index is -1.28. The zero-order chi connectivity index (χ0) is 25.1. The van der Waals surface area contributed by atoms with Crippen LogP contribution in [0.3, 0.4) is 0 Å². The van der Waals surface area contributed by atoms with Gasteiger partial charge in [0.15, 0.2) is 5.71 Å². The number of aliphatic carboxylic acids is 2. The third-order valence-electron chi connectivity index (χ3n) is 4.73. The van der Waals surface area contributed by atoms with Gasteiger partial charge in [0.1, 0.15) is 22.8 Å². The molecule has 0 aromatic carbocycles. The number of carboxylic acids is 2. The van der Waals surface area contributed by atoms with Gasteiger partial charge in [0.25, 0.3) is 11.8 Å². The number of nitrogens with one attached hydrogen (secondary N) is 1. The molecule has 0 bridgehead atoms. The summed E-state index contributed by atoms with van der Waals surface area (Å²) in [5.74, 6) is -3.37. The van der Waals surface area contributed by atoms with Crippen LogP contribution in [0, 0.1) is 0 Å². The average Bonchev–Trinajstić information content (AvgIpc) is 3.49. The van der Waals surface area contributed by atoms with Gasteiger partial charge >= 0.3 is 11.9 Å². The number of oxime groups is 1. The molecule has 35 heavy (non-hydrogen) atoms. The van der Waals surface area contributed by atoms with Gasteiger partial charge in [-0.1, -0.05) is 16.9 Å². The van der Waals surface area contributed by atoms with E-state index in [0.717, 1.165) is 4.90 Å². The van der Waals surface area contributed by atoms with E-state index < -0.39 is 41.8 Å². The second kappa shape index (κ2) is 10.4. The molecule has 0 radical (unpaired) electrons. The quantitative estimate of drug-likeness (QED) is 0.143. The Morgan fingerprint density at radius 1 is 1.37 bits per heavy atom. The van der Waals surface area contributed by atoms with Crippen LogP contribution in [-0.4, -0.2) is 99.3 Å². The van der Waals surface area contributed by atoms with Gasteiger partial charge < -0.3 is 20.4 Å². The van der Waals surface area contributed by atoms with E-state index >= 15 is 0 Å². The number of amides is 2. The van der Waals surface area contributed by atoms with Gasteiger partial charge in [-0.15, -0.1) is 28.2 Å². The van der Waals surface area contributed by atoms with Crippen LogP contribution >= 0.6 is 34.9 Å². The van der Waals surface area contributed by atoms with E-state index in [1.54, 1.807) is 7.05 Å². The van der Waals surface area contributed by atoms with Crippen molar-refractivity contribution in [3.05, 3.63) is 27.9 Å². The summed E-state index contributed by atoms with van der Waals surface area (Å²) < 4.78 is 1.45.